The summed E-state index contributed by atoms with van der Waals surface area (Å²) >= 11 is 0. The van der Waals surface area contributed by atoms with Crippen molar-refractivity contribution in [3.63, 3.8) is 0 Å². The van der Waals surface area contributed by atoms with E-state index in [0.29, 0.717) is 37.3 Å². The summed E-state index contributed by atoms with van der Waals surface area (Å²) in [4.78, 5) is 24.2. The van der Waals surface area contributed by atoms with E-state index in [1.807, 2.05) is 31.2 Å². The number of hydrogen-bond acceptors (Lipinski definition) is 7. The van der Waals surface area contributed by atoms with Gasteiger partial charge in [0.05, 0.1) is 12.8 Å². The molecule has 0 aliphatic carbocycles. The Morgan fingerprint density at radius 1 is 1.08 bits per heavy atom. The van der Waals surface area contributed by atoms with Crippen LogP contribution in [0.15, 0.2) is 30.6 Å². The molecule has 4 rings (SSSR count). The minimum atomic E-state index is -0.303. The average Bonchev–Trinajstić information content (AvgIpc) is 3.12. The van der Waals surface area contributed by atoms with E-state index >= 15 is 0 Å². The van der Waals surface area contributed by atoms with Crippen LogP contribution in [-0.2, 0) is 4.74 Å². The number of ether oxygens (including phenoxy) is 1. The summed E-state index contributed by atoms with van der Waals surface area (Å²) < 4.78 is 6.49. The molecule has 1 fully saturated rings. The first-order valence-corrected chi connectivity index (χ1v) is 8.38. The molecule has 26 heavy (non-hydrogen) atoms. The van der Waals surface area contributed by atoms with Crippen molar-refractivity contribution in [2.45, 2.75) is 6.92 Å². The van der Waals surface area contributed by atoms with Gasteiger partial charge >= 0.3 is 6.09 Å². The number of nitrogens with zero attached hydrogens (tertiary/aromatic N) is 7. The fourth-order valence-electron chi connectivity index (χ4n) is 3.06. The Hall–Kier alpha value is -3.23. The Labute approximate surface area is 150 Å². The summed E-state index contributed by atoms with van der Waals surface area (Å²) in [5.41, 5.74) is 3.39. The molecule has 1 saturated heterocycles. The van der Waals surface area contributed by atoms with Gasteiger partial charge in [-0.3, -0.25) is 0 Å². The van der Waals surface area contributed by atoms with Gasteiger partial charge in [-0.2, -0.15) is 4.68 Å². The summed E-state index contributed by atoms with van der Waals surface area (Å²) in [6, 6.07) is 8.02. The van der Waals surface area contributed by atoms with Crippen LogP contribution in [0.4, 0.5) is 10.6 Å². The number of methoxy groups -OCH3 is 1. The lowest BCUT2D eigenvalue weighted by atomic mass is 10.2. The molecule has 0 atom stereocenters. The predicted octanol–water partition coefficient (Wildman–Crippen LogP) is 1.41. The molecule has 3 aromatic rings. The van der Waals surface area contributed by atoms with Crippen molar-refractivity contribution in [3.8, 4) is 5.69 Å². The van der Waals surface area contributed by atoms with E-state index in [-0.39, 0.29) is 6.09 Å². The van der Waals surface area contributed by atoms with Crippen molar-refractivity contribution in [1.29, 1.82) is 0 Å². The van der Waals surface area contributed by atoms with E-state index in [1.54, 1.807) is 9.58 Å². The molecule has 9 heteroatoms. The molecule has 1 aromatic carbocycles. The molecule has 1 aliphatic heterocycles. The van der Waals surface area contributed by atoms with Crippen LogP contribution in [0.2, 0.25) is 0 Å². The van der Waals surface area contributed by atoms with Gasteiger partial charge in [0.2, 0.25) is 0 Å². The molecule has 2 aromatic heterocycles. The van der Waals surface area contributed by atoms with Crippen molar-refractivity contribution in [1.82, 2.24) is 29.9 Å². The summed E-state index contributed by atoms with van der Waals surface area (Å²) in [6.45, 7) is 4.49. The zero-order valence-electron chi connectivity index (χ0n) is 14.7. The number of aromatic nitrogens is 5. The number of hydrogen-bond donors (Lipinski definition) is 0. The number of benzene rings is 1. The van der Waals surface area contributed by atoms with Gasteiger partial charge in [0.25, 0.3) is 0 Å². The molecule has 134 valence electrons. The number of piperazine rings is 1. The third-order valence-corrected chi connectivity index (χ3v) is 4.51. The number of fused-ring (bicyclic) bond motifs is 1. The SMILES string of the molecule is COC(=O)N1CCN(c2ncnc3c2nnn3-c2ccc(C)cc2)CC1. The quantitative estimate of drug-likeness (QED) is 0.688. The molecule has 0 N–H and O–H groups in total. The summed E-state index contributed by atoms with van der Waals surface area (Å²) in [6.07, 6.45) is 1.22. The smallest absolute Gasteiger partial charge is 0.409 e. The first-order valence-electron chi connectivity index (χ1n) is 8.38. The van der Waals surface area contributed by atoms with Gasteiger partial charge in [-0.15, -0.1) is 5.10 Å². The van der Waals surface area contributed by atoms with Gasteiger partial charge in [0.1, 0.15) is 6.33 Å². The fourth-order valence-corrected chi connectivity index (χ4v) is 3.06. The highest BCUT2D eigenvalue weighted by Gasteiger charge is 2.25. The highest BCUT2D eigenvalue weighted by molar-refractivity contribution is 5.83. The fraction of sp³-hybridized carbons (Fsp3) is 0.353. The zero-order valence-corrected chi connectivity index (χ0v) is 14.7. The van der Waals surface area contributed by atoms with Crippen LogP contribution in [0.5, 0.6) is 0 Å². The van der Waals surface area contributed by atoms with Gasteiger partial charge in [-0.1, -0.05) is 22.9 Å². The predicted molar refractivity (Wildman–Crippen MR) is 95.4 cm³/mol. The number of rotatable bonds is 2. The maximum atomic E-state index is 11.6. The zero-order chi connectivity index (χ0) is 18.1. The Balaban J connectivity index is 1.64. The lowest BCUT2D eigenvalue weighted by molar-refractivity contribution is 0.121. The van der Waals surface area contributed by atoms with E-state index < -0.39 is 0 Å². The van der Waals surface area contributed by atoms with Gasteiger partial charge in [0, 0.05) is 26.2 Å². The Kier molecular flexibility index (Phi) is 4.11. The standard InChI is InChI=1S/C17H19N7O2/c1-12-3-5-13(6-4-12)24-16-14(20-21-24)15(18-11-19-16)22-7-9-23(10-8-22)17(25)26-2/h3-6,11H,7-10H2,1-2H3. The number of anilines is 1. The molecule has 3 heterocycles. The van der Waals surface area contributed by atoms with E-state index in [1.165, 1.54) is 19.0 Å². The molecule has 0 bridgehead atoms. The Morgan fingerprint density at radius 2 is 1.81 bits per heavy atom. The molecule has 0 saturated carbocycles. The molecule has 0 unspecified atom stereocenters. The van der Waals surface area contributed by atoms with Crippen LogP contribution in [0, 0.1) is 6.92 Å². The second-order valence-corrected chi connectivity index (χ2v) is 6.15. The van der Waals surface area contributed by atoms with Crippen molar-refractivity contribution in [2.24, 2.45) is 0 Å². The van der Waals surface area contributed by atoms with Crippen LogP contribution in [0.3, 0.4) is 0 Å². The first-order chi connectivity index (χ1) is 12.7. The van der Waals surface area contributed by atoms with Crippen LogP contribution in [0.1, 0.15) is 5.56 Å². The maximum Gasteiger partial charge on any atom is 0.409 e. The highest BCUT2D eigenvalue weighted by atomic mass is 16.5. The lowest BCUT2D eigenvalue weighted by Gasteiger charge is -2.34. The van der Waals surface area contributed by atoms with Gasteiger partial charge in [-0.05, 0) is 19.1 Å². The molecule has 9 nitrogen and oxygen atoms in total. The van der Waals surface area contributed by atoms with Crippen LogP contribution < -0.4 is 4.90 Å². The number of carbonyl (C=O) groups is 1. The molecular weight excluding hydrogens is 334 g/mol. The molecular formula is C17H19N7O2. The van der Waals surface area contributed by atoms with Crippen molar-refractivity contribution < 1.29 is 9.53 Å². The average molecular weight is 353 g/mol. The van der Waals surface area contributed by atoms with Crippen LogP contribution >= 0.6 is 0 Å². The highest BCUT2D eigenvalue weighted by Crippen LogP contribution is 2.23. The first kappa shape index (κ1) is 16.2. The Morgan fingerprint density at radius 3 is 2.50 bits per heavy atom. The van der Waals surface area contributed by atoms with Crippen LogP contribution in [0.25, 0.3) is 16.9 Å². The normalized spacial score (nSPS) is 14.7. The lowest BCUT2D eigenvalue weighted by Crippen LogP contribution is -2.49. The summed E-state index contributed by atoms with van der Waals surface area (Å²) in [5, 5.41) is 8.56. The summed E-state index contributed by atoms with van der Waals surface area (Å²) in [5.74, 6) is 0.734. The van der Waals surface area contributed by atoms with Crippen molar-refractivity contribution in [3.05, 3.63) is 36.2 Å². The molecule has 1 amide bonds. The van der Waals surface area contributed by atoms with Crippen molar-refractivity contribution in [2.75, 3.05) is 38.2 Å². The van der Waals surface area contributed by atoms with E-state index in [4.69, 9.17) is 4.74 Å². The van der Waals surface area contributed by atoms with Gasteiger partial charge < -0.3 is 14.5 Å². The Bertz CT molecular complexity index is 930. The summed E-state index contributed by atoms with van der Waals surface area (Å²) in [7, 11) is 1.39. The van der Waals surface area contributed by atoms with Crippen LogP contribution in [-0.4, -0.2) is 69.2 Å². The monoisotopic (exact) mass is 353 g/mol. The van der Waals surface area contributed by atoms with Gasteiger partial charge in [0.15, 0.2) is 17.0 Å². The second kappa shape index (κ2) is 6.58. The minimum Gasteiger partial charge on any atom is -0.453 e. The van der Waals surface area contributed by atoms with E-state index in [2.05, 4.69) is 25.2 Å². The molecule has 0 radical (unpaired) electrons. The molecule has 0 spiro atoms. The third-order valence-electron chi connectivity index (χ3n) is 4.51. The molecule has 1 aliphatic rings. The van der Waals surface area contributed by atoms with Crippen molar-refractivity contribution >= 4 is 23.1 Å². The second-order valence-electron chi connectivity index (χ2n) is 6.15. The van der Waals surface area contributed by atoms with E-state index in [0.717, 1.165) is 11.5 Å². The topological polar surface area (TPSA) is 89.3 Å². The number of aryl methyl sites for hydroxylation is 1. The largest absolute Gasteiger partial charge is 0.453 e. The minimum absolute atomic E-state index is 0.303. The van der Waals surface area contributed by atoms with Gasteiger partial charge in [-0.25, -0.2) is 14.8 Å². The maximum absolute atomic E-state index is 11.6. The van der Waals surface area contributed by atoms with E-state index in [9.17, 15) is 4.79 Å². The number of carbonyl (C=O) groups excluding carboxylic acids is 1. The number of amides is 1. The third kappa shape index (κ3) is 2.81.